The fourth-order valence-electron chi connectivity index (χ4n) is 2.83. The van der Waals surface area contributed by atoms with Crippen molar-refractivity contribution < 1.29 is 13.6 Å². The summed E-state index contributed by atoms with van der Waals surface area (Å²) >= 11 is 0. The second-order valence-corrected chi connectivity index (χ2v) is 5.14. The van der Waals surface area contributed by atoms with Crippen molar-refractivity contribution in [1.29, 1.82) is 0 Å². The molecular weight excluding hydrogens is 260 g/mol. The number of hydrogen-bond acceptors (Lipinski definition) is 2. The largest absolute Gasteiger partial charge is 0.294 e. The summed E-state index contributed by atoms with van der Waals surface area (Å²) in [7, 11) is 0. The summed E-state index contributed by atoms with van der Waals surface area (Å²) in [5, 5.41) is 0. The molecule has 0 fully saturated rings. The first-order valence-corrected chi connectivity index (χ1v) is 6.49. The van der Waals surface area contributed by atoms with Crippen molar-refractivity contribution in [2.75, 3.05) is 0 Å². The number of pyridine rings is 1. The number of aryl methyl sites for hydroxylation is 1. The number of carbonyl (C=O) groups is 1. The number of rotatable bonds is 1. The zero-order valence-electron chi connectivity index (χ0n) is 11.0. The van der Waals surface area contributed by atoms with Gasteiger partial charge in [0.15, 0.2) is 5.78 Å². The lowest BCUT2D eigenvalue weighted by atomic mass is 9.80. The second-order valence-electron chi connectivity index (χ2n) is 5.14. The Labute approximate surface area is 115 Å². The van der Waals surface area contributed by atoms with Gasteiger partial charge >= 0.3 is 0 Å². The first kappa shape index (κ1) is 12.9. The molecule has 0 radical (unpaired) electrons. The molecule has 4 heteroatoms. The normalized spacial score (nSPS) is 17.9. The third kappa shape index (κ3) is 2.11. The van der Waals surface area contributed by atoms with Crippen molar-refractivity contribution >= 4 is 5.78 Å². The van der Waals surface area contributed by atoms with E-state index in [0.29, 0.717) is 17.7 Å². The maximum Gasteiger partial charge on any atom is 0.165 e. The topological polar surface area (TPSA) is 30.0 Å². The van der Waals surface area contributed by atoms with Crippen molar-refractivity contribution in [3.05, 3.63) is 64.5 Å². The summed E-state index contributed by atoms with van der Waals surface area (Å²) in [6.07, 6.45) is 2.30. The Bertz CT molecular complexity index is 697. The predicted molar refractivity (Wildman–Crippen MR) is 70.7 cm³/mol. The highest BCUT2D eigenvalue weighted by molar-refractivity contribution is 6.00. The highest BCUT2D eigenvalue weighted by atomic mass is 19.1. The standard InChI is InChI=1S/C16H13F2NO/c1-9-4-5-19-14-6-10(7-15(20)16(9)14)12-8-11(17)2-3-13(12)18/h2-5,8,10H,6-7H2,1H3/t10-/m1/s1. The Hall–Kier alpha value is -2.10. The van der Waals surface area contributed by atoms with Gasteiger partial charge in [-0.2, -0.15) is 0 Å². The number of carbonyl (C=O) groups excluding carboxylic acids is 1. The van der Waals surface area contributed by atoms with E-state index in [1.54, 1.807) is 12.3 Å². The lowest BCUT2D eigenvalue weighted by molar-refractivity contribution is 0.0962. The van der Waals surface area contributed by atoms with Crippen LogP contribution in [0.2, 0.25) is 0 Å². The van der Waals surface area contributed by atoms with Crippen LogP contribution in [0.3, 0.4) is 0 Å². The van der Waals surface area contributed by atoms with Crippen molar-refractivity contribution in [3.8, 4) is 0 Å². The fraction of sp³-hybridized carbons (Fsp3) is 0.250. The Morgan fingerprint density at radius 1 is 1.20 bits per heavy atom. The van der Waals surface area contributed by atoms with Gasteiger partial charge in [-0.05, 0) is 54.7 Å². The first-order valence-electron chi connectivity index (χ1n) is 6.49. The molecule has 2 aromatic rings. The van der Waals surface area contributed by atoms with E-state index in [0.717, 1.165) is 17.7 Å². The molecular formula is C16H13F2NO. The lowest BCUT2D eigenvalue weighted by Crippen LogP contribution is -2.22. The van der Waals surface area contributed by atoms with E-state index in [9.17, 15) is 13.6 Å². The molecule has 0 saturated carbocycles. The van der Waals surface area contributed by atoms with Crippen LogP contribution in [0.1, 0.15) is 39.5 Å². The highest BCUT2D eigenvalue weighted by Gasteiger charge is 2.30. The summed E-state index contributed by atoms with van der Waals surface area (Å²) in [5.74, 6) is -1.36. The SMILES string of the molecule is Cc1ccnc2c1C(=O)C[C@H](c1cc(F)ccc1F)C2. The molecule has 0 spiro atoms. The van der Waals surface area contributed by atoms with Crippen LogP contribution in [0.25, 0.3) is 0 Å². The van der Waals surface area contributed by atoms with Crippen molar-refractivity contribution in [2.24, 2.45) is 0 Å². The minimum Gasteiger partial charge on any atom is -0.294 e. The van der Waals surface area contributed by atoms with Gasteiger partial charge in [0.2, 0.25) is 0 Å². The van der Waals surface area contributed by atoms with Crippen LogP contribution in [-0.2, 0) is 6.42 Å². The van der Waals surface area contributed by atoms with Crippen molar-refractivity contribution in [1.82, 2.24) is 4.98 Å². The minimum atomic E-state index is -0.489. The molecule has 2 nitrogen and oxygen atoms in total. The number of fused-ring (bicyclic) bond motifs is 1. The monoisotopic (exact) mass is 273 g/mol. The average molecular weight is 273 g/mol. The van der Waals surface area contributed by atoms with Gasteiger partial charge in [0.1, 0.15) is 11.6 Å². The third-order valence-electron chi connectivity index (χ3n) is 3.79. The number of halogens is 2. The van der Waals surface area contributed by atoms with Crippen LogP contribution in [0.5, 0.6) is 0 Å². The Kier molecular flexibility index (Phi) is 3.08. The molecule has 1 atom stereocenters. The molecule has 1 aromatic carbocycles. The van der Waals surface area contributed by atoms with E-state index in [2.05, 4.69) is 4.98 Å². The molecule has 1 aromatic heterocycles. The molecule has 1 heterocycles. The fourth-order valence-corrected chi connectivity index (χ4v) is 2.83. The van der Waals surface area contributed by atoms with Gasteiger partial charge in [0.05, 0.1) is 5.69 Å². The lowest BCUT2D eigenvalue weighted by Gasteiger charge is -2.24. The third-order valence-corrected chi connectivity index (χ3v) is 3.79. The van der Waals surface area contributed by atoms with Crippen LogP contribution in [-0.4, -0.2) is 10.8 Å². The van der Waals surface area contributed by atoms with E-state index >= 15 is 0 Å². The van der Waals surface area contributed by atoms with Gasteiger partial charge in [0, 0.05) is 18.2 Å². The summed E-state index contributed by atoms with van der Waals surface area (Å²) in [6, 6.07) is 5.15. The van der Waals surface area contributed by atoms with Crippen LogP contribution in [0.4, 0.5) is 8.78 Å². The van der Waals surface area contributed by atoms with Gasteiger partial charge in [-0.15, -0.1) is 0 Å². The van der Waals surface area contributed by atoms with Gasteiger partial charge in [-0.3, -0.25) is 9.78 Å². The van der Waals surface area contributed by atoms with E-state index in [4.69, 9.17) is 0 Å². The van der Waals surface area contributed by atoms with Crippen LogP contribution < -0.4 is 0 Å². The summed E-state index contributed by atoms with van der Waals surface area (Å²) < 4.78 is 27.1. The van der Waals surface area contributed by atoms with Crippen LogP contribution in [0.15, 0.2) is 30.5 Å². The molecule has 3 rings (SSSR count). The zero-order valence-corrected chi connectivity index (χ0v) is 11.0. The number of nitrogens with zero attached hydrogens (tertiary/aromatic N) is 1. The number of Topliss-reactive ketones (excluding diaryl/α,β-unsaturated/α-hetero) is 1. The van der Waals surface area contributed by atoms with Gasteiger partial charge in [0.25, 0.3) is 0 Å². The molecule has 0 bridgehead atoms. The molecule has 0 saturated heterocycles. The number of benzene rings is 1. The van der Waals surface area contributed by atoms with E-state index < -0.39 is 11.6 Å². The van der Waals surface area contributed by atoms with Gasteiger partial charge in [-0.25, -0.2) is 8.78 Å². The second kappa shape index (κ2) is 4.78. The molecule has 1 aliphatic carbocycles. The molecule has 1 aliphatic rings. The summed E-state index contributed by atoms with van der Waals surface area (Å²) in [4.78, 5) is 16.5. The molecule has 0 amide bonds. The summed E-state index contributed by atoms with van der Waals surface area (Å²) in [6.45, 7) is 1.86. The first-order chi connectivity index (χ1) is 9.56. The molecule has 0 aliphatic heterocycles. The predicted octanol–water partition coefficient (Wildman–Crippen LogP) is 3.58. The zero-order chi connectivity index (χ0) is 14.3. The minimum absolute atomic E-state index is 0.0505. The Balaban J connectivity index is 2.04. The van der Waals surface area contributed by atoms with Crippen molar-refractivity contribution in [3.63, 3.8) is 0 Å². The molecule has 0 N–H and O–H groups in total. The van der Waals surface area contributed by atoms with Crippen LogP contribution >= 0.6 is 0 Å². The van der Waals surface area contributed by atoms with E-state index in [-0.39, 0.29) is 23.7 Å². The van der Waals surface area contributed by atoms with E-state index in [1.165, 1.54) is 6.07 Å². The Morgan fingerprint density at radius 3 is 2.80 bits per heavy atom. The smallest absolute Gasteiger partial charge is 0.165 e. The maximum atomic E-state index is 13.8. The summed E-state index contributed by atoms with van der Waals surface area (Å²) in [5.41, 5.74) is 2.46. The van der Waals surface area contributed by atoms with Crippen LogP contribution in [0, 0.1) is 18.6 Å². The van der Waals surface area contributed by atoms with Gasteiger partial charge in [-0.1, -0.05) is 0 Å². The molecule has 20 heavy (non-hydrogen) atoms. The number of hydrogen-bond donors (Lipinski definition) is 0. The molecule has 102 valence electrons. The molecule has 0 unspecified atom stereocenters. The van der Waals surface area contributed by atoms with Crippen molar-refractivity contribution in [2.45, 2.75) is 25.7 Å². The Morgan fingerprint density at radius 2 is 2.00 bits per heavy atom. The highest BCUT2D eigenvalue weighted by Crippen LogP contribution is 2.34. The van der Waals surface area contributed by atoms with Gasteiger partial charge < -0.3 is 0 Å². The van der Waals surface area contributed by atoms with E-state index in [1.807, 2.05) is 6.92 Å². The number of ketones is 1. The quantitative estimate of drug-likeness (QED) is 0.795. The number of aromatic nitrogens is 1. The maximum absolute atomic E-state index is 13.8. The average Bonchev–Trinajstić information content (AvgIpc) is 2.41.